The third-order valence-corrected chi connectivity index (χ3v) is 5.01. The number of amides is 2. The Kier molecular flexibility index (Phi) is 5.51. The van der Waals surface area contributed by atoms with E-state index in [1.807, 2.05) is 12.1 Å². The summed E-state index contributed by atoms with van der Waals surface area (Å²) in [4.78, 5) is 28.3. The maximum Gasteiger partial charge on any atom is 0.247 e. The van der Waals surface area contributed by atoms with Crippen molar-refractivity contribution < 1.29 is 9.59 Å². The second-order valence-electron chi connectivity index (χ2n) is 6.90. The molecule has 1 atom stereocenters. The number of anilines is 1. The number of carbonyl (C=O) groups is 2. The van der Waals surface area contributed by atoms with Crippen LogP contribution in [0.3, 0.4) is 0 Å². The largest absolute Gasteiger partial charge is 0.331 e. The lowest BCUT2D eigenvalue weighted by atomic mass is 10.1. The Bertz CT molecular complexity index is 596. The van der Waals surface area contributed by atoms with Crippen LogP contribution in [0.25, 0.3) is 0 Å². The normalized spacial score (nSPS) is 21.7. The van der Waals surface area contributed by atoms with Gasteiger partial charge in [0.2, 0.25) is 11.8 Å². The van der Waals surface area contributed by atoms with E-state index in [4.69, 9.17) is 0 Å². The molecule has 0 saturated carbocycles. The molecule has 0 spiro atoms. The van der Waals surface area contributed by atoms with Gasteiger partial charge in [-0.15, -0.1) is 0 Å². The second kappa shape index (κ2) is 7.79. The Hall–Kier alpha value is -1.88. The van der Waals surface area contributed by atoms with E-state index in [1.165, 1.54) is 31.7 Å². The Morgan fingerprint density at radius 1 is 1.12 bits per heavy atom. The molecular formula is C19H27N3O2. The highest BCUT2D eigenvalue weighted by Gasteiger charge is 2.32. The van der Waals surface area contributed by atoms with Crippen molar-refractivity contribution in [2.45, 2.75) is 51.6 Å². The molecule has 2 saturated heterocycles. The van der Waals surface area contributed by atoms with Crippen LogP contribution in [-0.2, 0) is 16.1 Å². The number of likely N-dealkylation sites (tertiary alicyclic amines) is 2. The highest BCUT2D eigenvalue weighted by atomic mass is 16.2. The average molecular weight is 329 g/mol. The van der Waals surface area contributed by atoms with E-state index in [1.54, 1.807) is 4.90 Å². The van der Waals surface area contributed by atoms with Crippen LogP contribution in [0.4, 0.5) is 5.69 Å². The van der Waals surface area contributed by atoms with Crippen LogP contribution in [0.1, 0.15) is 44.6 Å². The summed E-state index contributed by atoms with van der Waals surface area (Å²) in [6.07, 6.45) is 5.53. The summed E-state index contributed by atoms with van der Waals surface area (Å²) in [5.74, 6) is -0.0932. The maximum atomic E-state index is 12.5. The summed E-state index contributed by atoms with van der Waals surface area (Å²) in [6.45, 7) is 5.47. The van der Waals surface area contributed by atoms with Gasteiger partial charge in [-0.2, -0.15) is 0 Å². The predicted octanol–water partition coefficient (Wildman–Crippen LogP) is 2.62. The summed E-state index contributed by atoms with van der Waals surface area (Å²) in [5.41, 5.74) is 2.05. The van der Waals surface area contributed by atoms with Gasteiger partial charge < -0.3 is 10.2 Å². The van der Waals surface area contributed by atoms with Gasteiger partial charge in [-0.25, -0.2) is 0 Å². The molecule has 1 aromatic carbocycles. The van der Waals surface area contributed by atoms with Crippen LogP contribution in [0, 0.1) is 0 Å². The lowest BCUT2D eigenvalue weighted by molar-refractivity contribution is -0.134. The molecule has 1 aromatic rings. The summed E-state index contributed by atoms with van der Waals surface area (Å²) >= 11 is 0. The Labute approximate surface area is 144 Å². The molecule has 2 aliphatic heterocycles. The molecule has 2 fully saturated rings. The minimum absolute atomic E-state index is 0.0218. The van der Waals surface area contributed by atoms with Crippen molar-refractivity contribution in [1.29, 1.82) is 0 Å². The van der Waals surface area contributed by atoms with Gasteiger partial charge in [0.25, 0.3) is 0 Å². The quantitative estimate of drug-likeness (QED) is 0.924. The molecule has 0 bridgehead atoms. The Balaban J connectivity index is 1.61. The average Bonchev–Trinajstić information content (AvgIpc) is 3.06. The number of nitrogens with one attached hydrogen (secondary N) is 1. The van der Waals surface area contributed by atoms with Gasteiger partial charge in [-0.1, -0.05) is 18.6 Å². The van der Waals surface area contributed by atoms with Crippen molar-refractivity contribution in [2.24, 2.45) is 0 Å². The van der Waals surface area contributed by atoms with Crippen LogP contribution in [0.5, 0.6) is 0 Å². The molecule has 24 heavy (non-hydrogen) atoms. The first-order valence-electron chi connectivity index (χ1n) is 9.03. The van der Waals surface area contributed by atoms with E-state index in [0.717, 1.165) is 38.2 Å². The van der Waals surface area contributed by atoms with E-state index < -0.39 is 0 Å². The maximum absolute atomic E-state index is 12.5. The fourth-order valence-corrected chi connectivity index (χ4v) is 3.76. The minimum Gasteiger partial charge on any atom is -0.331 e. The molecule has 5 nitrogen and oxygen atoms in total. The van der Waals surface area contributed by atoms with Crippen LogP contribution in [0.2, 0.25) is 0 Å². The molecule has 1 N–H and O–H groups in total. The number of rotatable bonds is 4. The molecule has 0 radical (unpaired) electrons. The van der Waals surface area contributed by atoms with Crippen molar-refractivity contribution in [3.63, 3.8) is 0 Å². The highest BCUT2D eigenvalue weighted by molar-refractivity contribution is 5.97. The summed E-state index contributed by atoms with van der Waals surface area (Å²) in [5, 5.41) is 3.00. The zero-order valence-electron chi connectivity index (χ0n) is 14.5. The van der Waals surface area contributed by atoms with Crippen LogP contribution in [0.15, 0.2) is 24.3 Å². The molecular weight excluding hydrogens is 302 g/mol. The third kappa shape index (κ3) is 4.15. The van der Waals surface area contributed by atoms with Gasteiger partial charge in [0, 0.05) is 25.7 Å². The molecule has 2 amide bonds. The summed E-state index contributed by atoms with van der Waals surface area (Å²) in [6, 6.07) is 7.76. The molecule has 0 aliphatic carbocycles. The molecule has 130 valence electrons. The van der Waals surface area contributed by atoms with Crippen molar-refractivity contribution >= 4 is 17.5 Å². The number of piperidine rings is 1. The number of hydrogen-bond donors (Lipinski definition) is 1. The monoisotopic (exact) mass is 329 g/mol. The molecule has 2 aliphatic rings. The highest BCUT2D eigenvalue weighted by Crippen LogP contribution is 2.20. The summed E-state index contributed by atoms with van der Waals surface area (Å²) < 4.78 is 0. The van der Waals surface area contributed by atoms with Gasteiger partial charge in [-0.05, 0) is 56.5 Å². The van der Waals surface area contributed by atoms with E-state index in [9.17, 15) is 9.59 Å². The fourth-order valence-electron chi connectivity index (χ4n) is 3.76. The number of nitrogens with zero attached hydrogens (tertiary/aromatic N) is 2. The lowest BCUT2D eigenvalue weighted by Gasteiger charge is -2.26. The summed E-state index contributed by atoms with van der Waals surface area (Å²) in [7, 11) is 0. The molecule has 0 unspecified atom stereocenters. The number of carbonyl (C=O) groups excluding carboxylic acids is 2. The number of benzene rings is 1. The minimum atomic E-state index is -0.326. The fraction of sp³-hybridized carbons (Fsp3) is 0.579. The second-order valence-corrected chi connectivity index (χ2v) is 6.90. The zero-order chi connectivity index (χ0) is 16.9. The van der Waals surface area contributed by atoms with E-state index >= 15 is 0 Å². The molecule has 0 aromatic heterocycles. The van der Waals surface area contributed by atoms with E-state index in [2.05, 4.69) is 22.3 Å². The van der Waals surface area contributed by atoms with Gasteiger partial charge in [-0.3, -0.25) is 14.5 Å². The molecule has 5 heteroatoms. The van der Waals surface area contributed by atoms with Gasteiger partial charge in [0.15, 0.2) is 0 Å². The predicted molar refractivity (Wildman–Crippen MR) is 94.6 cm³/mol. The van der Waals surface area contributed by atoms with Crippen molar-refractivity contribution in [3.8, 4) is 0 Å². The standard InChI is InChI=1S/C19H27N3O2/c1-15(23)22-12-6-9-18(22)19(24)20-17-8-5-7-16(13-17)14-21-10-3-2-4-11-21/h5,7-8,13,18H,2-4,6,9-12,14H2,1H3,(H,20,24)/t18-/m0/s1. The molecule has 3 rings (SSSR count). The van der Waals surface area contributed by atoms with Crippen molar-refractivity contribution in [2.75, 3.05) is 25.0 Å². The van der Waals surface area contributed by atoms with Gasteiger partial charge in [0.1, 0.15) is 6.04 Å². The lowest BCUT2D eigenvalue weighted by Crippen LogP contribution is -2.42. The number of hydrogen-bond acceptors (Lipinski definition) is 3. The van der Waals surface area contributed by atoms with Crippen LogP contribution in [-0.4, -0.2) is 47.3 Å². The van der Waals surface area contributed by atoms with E-state index in [-0.39, 0.29) is 17.9 Å². The first kappa shape index (κ1) is 17.0. The molecule has 2 heterocycles. The Morgan fingerprint density at radius 3 is 2.67 bits per heavy atom. The SMILES string of the molecule is CC(=O)N1CCC[C@H]1C(=O)Nc1cccc(CN2CCCCC2)c1. The van der Waals surface area contributed by atoms with E-state index in [0.29, 0.717) is 6.54 Å². The first-order valence-corrected chi connectivity index (χ1v) is 9.03. The van der Waals surface area contributed by atoms with Crippen molar-refractivity contribution in [1.82, 2.24) is 9.80 Å². The Morgan fingerprint density at radius 2 is 1.92 bits per heavy atom. The van der Waals surface area contributed by atoms with Gasteiger partial charge >= 0.3 is 0 Å². The smallest absolute Gasteiger partial charge is 0.247 e. The van der Waals surface area contributed by atoms with Crippen LogP contribution >= 0.6 is 0 Å². The third-order valence-electron chi connectivity index (χ3n) is 5.01. The zero-order valence-corrected chi connectivity index (χ0v) is 14.5. The van der Waals surface area contributed by atoms with Gasteiger partial charge in [0.05, 0.1) is 0 Å². The van der Waals surface area contributed by atoms with Crippen LogP contribution < -0.4 is 5.32 Å². The van der Waals surface area contributed by atoms with Crippen molar-refractivity contribution in [3.05, 3.63) is 29.8 Å². The first-order chi connectivity index (χ1) is 11.6. The topological polar surface area (TPSA) is 52.7 Å².